The normalized spacial score (nSPS) is 12.5. The average Bonchev–Trinajstić information content (AvgIpc) is 2.18. The highest BCUT2D eigenvalue weighted by molar-refractivity contribution is 5.54. The third-order valence-corrected chi connectivity index (χ3v) is 2.03. The Morgan fingerprint density at radius 3 is 2.57 bits per heavy atom. The van der Waals surface area contributed by atoms with Gasteiger partial charge < -0.3 is 20.9 Å². The molecular weight excluding hydrogens is 180 g/mol. The fourth-order valence-electron chi connectivity index (χ4n) is 1.26. The molecule has 0 saturated carbocycles. The average molecular weight is 196 g/mol. The second kappa shape index (κ2) is 4.83. The van der Waals surface area contributed by atoms with E-state index in [0.29, 0.717) is 18.0 Å². The molecule has 0 fully saturated rings. The molecule has 1 unspecified atom stereocenters. The van der Waals surface area contributed by atoms with Gasteiger partial charge in [-0.25, -0.2) is 0 Å². The molecule has 4 N–H and O–H groups in total. The molecule has 0 amide bonds. The fourth-order valence-corrected chi connectivity index (χ4v) is 1.26. The van der Waals surface area contributed by atoms with Gasteiger partial charge in [-0.1, -0.05) is 6.07 Å². The first-order valence-corrected chi connectivity index (χ1v) is 4.37. The van der Waals surface area contributed by atoms with Gasteiger partial charge >= 0.3 is 0 Å². The van der Waals surface area contributed by atoms with Crippen molar-refractivity contribution in [3.05, 3.63) is 23.8 Å². The van der Waals surface area contributed by atoms with Gasteiger partial charge in [-0.3, -0.25) is 0 Å². The van der Waals surface area contributed by atoms with Gasteiger partial charge in [0.2, 0.25) is 0 Å². The molecule has 0 aliphatic rings. The van der Waals surface area contributed by atoms with Crippen molar-refractivity contribution in [1.82, 2.24) is 0 Å². The molecule has 0 aliphatic heterocycles. The van der Waals surface area contributed by atoms with Crippen molar-refractivity contribution in [2.24, 2.45) is 5.73 Å². The number of hydrogen-bond acceptors (Lipinski definition) is 4. The van der Waals surface area contributed by atoms with Crippen LogP contribution in [0.3, 0.4) is 0 Å². The van der Waals surface area contributed by atoms with E-state index in [4.69, 9.17) is 20.9 Å². The first kappa shape index (κ1) is 10.8. The van der Waals surface area contributed by atoms with Crippen LogP contribution < -0.4 is 16.2 Å². The summed E-state index contributed by atoms with van der Waals surface area (Å²) in [5, 5.41) is 0. The van der Waals surface area contributed by atoms with Gasteiger partial charge in [-0.15, -0.1) is 0 Å². The molecule has 1 atom stereocenters. The van der Waals surface area contributed by atoms with Gasteiger partial charge in [0.25, 0.3) is 0 Å². The predicted octanol–water partition coefficient (Wildman–Crippen LogP) is 0.924. The van der Waals surface area contributed by atoms with Crippen LogP contribution in [0.4, 0.5) is 5.69 Å². The smallest absolute Gasteiger partial charge is 0.141 e. The van der Waals surface area contributed by atoms with E-state index < -0.39 is 0 Å². The summed E-state index contributed by atoms with van der Waals surface area (Å²) < 4.78 is 10.00. The maximum Gasteiger partial charge on any atom is 0.141 e. The second-order valence-electron chi connectivity index (χ2n) is 3.06. The second-order valence-corrected chi connectivity index (χ2v) is 3.06. The van der Waals surface area contributed by atoms with Gasteiger partial charge in [-0.05, 0) is 17.7 Å². The van der Waals surface area contributed by atoms with E-state index in [0.717, 1.165) is 5.56 Å². The van der Waals surface area contributed by atoms with E-state index in [2.05, 4.69) is 0 Å². The van der Waals surface area contributed by atoms with Crippen molar-refractivity contribution in [2.45, 2.75) is 6.04 Å². The Morgan fingerprint density at radius 1 is 1.36 bits per heavy atom. The Bertz CT molecular complexity index is 302. The SMILES string of the molecule is COCC(N)c1ccc(OC)c(N)c1. The zero-order chi connectivity index (χ0) is 10.6. The summed E-state index contributed by atoms with van der Waals surface area (Å²) in [6, 6.07) is 5.36. The topological polar surface area (TPSA) is 70.5 Å². The number of benzene rings is 1. The fraction of sp³-hybridized carbons (Fsp3) is 0.400. The quantitative estimate of drug-likeness (QED) is 0.702. The lowest BCUT2D eigenvalue weighted by Crippen LogP contribution is -2.16. The maximum absolute atomic E-state index is 5.84. The monoisotopic (exact) mass is 196 g/mol. The Balaban J connectivity index is 2.85. The predicted molar refractivity (Wildman–Crippen MR) is 56.2 cm³/mol. The van der Waals surface area contributed by atoms with E-state index in [1.54, 1.807) is 20.3 Å². The third kappa shape index (κ3) is 2.37. The lowest BCUT2D eigenvalue weighted by Gasteiger charge is -2.12. The molecule has 78 valence electrons. The van der Waals surface area contributed by atoms with Crippen molar-refractivity contribution in [3.63, 3.8) is 0 Å². The largest absolute Gasteiger partial charge is 0.495 e. The lowest BCUT2D eigenvalue weighted by atomic mass is 10.1. The standard InChI is InChI=1S/C10H16N2O2/c1-13-6-9(12)7-3-4-10(14-2)8(11)5-7/h3-5,9H,6,11-12H2,1-2H3. The number of hydrogen-bond donors (Lipinski definition) is 2. The lowest BCUT2D eigenvalue weighted by molar-refractivity contribution is 0.181. The van der Waals surface area contributed by atoms with E-state index in [1.165, 1.54) is 0 Å². The van der Waals surface area contributed by atoms with Crippen molar-refractivity contribution >= 4 is 5.69 Å². The van der Waals surface area contributed by atoms with Gasteiger partial charge in [0.1, 0.15) is 5.75 Å². The van der Waals surface area contributed by atoms with Crippen LogP contribution in [0.15, 0.2) is 18.2 Å². The number of methoxy groups -OCH3 is 2. The third-order valence-electron chi connectivity index (χ3n) is 2.03. The van der Waals surface area contributed by atoms with Gasteiger partial charge in [-0.2, -0.15) is 0 Å². The molecule has 4 heteroatoms. The van der Waals surface area contributed by atoms with Crippen LogP contribution in [0.2, 0.25) is 0 Å². The molecule has 4 nitrogen and oxygen atoms in total. The number of ether oxygens (including phenoxy) is 2. The number of nitrogens with two attached hydrogens (primary N) is 2. The van der Waals surface area contributed by atoms with E-state index >= 15 is 0 Å². The van der Waals surface area contributed by atoms with E-state index in [1.807, 2.05) is 12.1 Å². The minimum atomic E-state index is -0.145. The summed E-state index contributed by atoms with van der Waals surface area (Å²) in [6.07, 6.45) is 0. The summed E-state index contributed by atoms with van der Waals surface area (Å²) in [4.78, 5) is 0. The minimum absolute atomic E-state index is 0.145. The first-order valence-electron chi connectivity index (χ1n) is 4.37. The number of anilines is 1. The highest BCUT2D eigenvalue weighted by Gasteiger charge is 2.07. The number of rotatable bonds is 4. The Labute approximate surface area is 83.8 Å². The molecule has 1 aromatic rings. The van der Waals surface area contributed by atoms with Gasteiger partial charge in [0.15, 0.2) is 0 Å². The molecular formula is C10H16N2O2. The Hall–Kier alpha value is -1.26. The van der Waals surface area contributed by atoms with E-state index in [-0.39, 0.29) is 6.04 Å². The van der Waals surface area contributed by atoms with Crippen molar-refractivity contribution < 1.29 is 9.47 Å². The summed E-state index contributed by atoms with van der Waals surface area (Å²) in [5.74, 6) is 0.665. The van der Waals surface area contributed by atoms with Crippen molar-refractivity contribution in [2.75, 3.05) is 26.6 Å². The summed E-state index contributed by atoms with van der Waals surface area (Å²) in [7, 11) is 3.20. The van der Waals surface area contributed by atoms with Crippen LogP contribution in [0.5, 0.6) is 5.75 Å². The zero-order valence-corrected chi connectivity index (χ0v) is 8.49. The zero-order valence-electron chi connectivity index (χ0n) is 8.49. The van der Waals surface area contributed by atoms with Crippen LogP contribution >= 0.6 is 0 Å². The first-order chi connectivity index (χ1) is 6.69. The molecule has 0 spiro atoms. The highest BCUT2D eigenvalue weighted by Crippen LogP contribution is 2.24. The van der Waals surface area contributed by atoms with Gasteiger partial charge in [0.05, 0.1) is 25.4 Å². The van der Waals surface area contributed by atoms with Crippen LogP contribution in [-0.2, 0) is 4.74 Å². The minimum Gasteiger partial charge on any atom is -0.495 e. The van der Waals surface area contributed by atoms with Crippen molar-refractivity contribution in [3.8, 4) is 5.75 Å². The molecule has 14 heavy (non-hydrogen) atoms. The van der Waals surface area contributed by atoms with Crippen LogP contribution in [-0.4, -0.2) is 20.8 Å². The Kier molecular flexibility index (Phi) is 3.73. The molecule has 0 aromatic heterocycles. The molecule has 1 rings (SSSR count). The Morgan fingerprint density at radius 2 is 2.07 bits per heavy atom. The van der Waals surface area contributed by atoms with Crippen LogP contribution in [0.1, 0.15) is 11.6 Å². The molecule has 0 saturated heterocycles. The maximum atomic E-state index is 5.84. The molecule has 0 radical (unpaired) electrons. The van der Waals surface area contributed by atoms with Gasteiger partial charge in [0, 0.05) is 7.11 Å². The summed E-state index contributed by atoms with van der Waals surface area (Å²) in [5.41, 5.74) is 13.1. The molecule has 0 bridgehead atoms. The van der Waals surface area contributed by atoms with Crippen molar-refractivity contribution in [1.29, 1.82) is 0 Å². The van der Waals surface area contributed by atoms with E-state index in [9.17, 15) is 0 Å². The molecule has 0 aliphatic carbocycles. The summed E-state index contributed by atoms with van der Waals surface area (Å²) in [6.45, 7) is 0.478. The molecule has 1 aromatic carbocycles. The molecule has 0 heterocycles. The highest BCUT2D eigenvalue weighted by atomic mass is 16.5. The van der Waals surface area contributed by atoms with Crippen LogP contribution in [0, 0.1) is 0 Å². The number of nitrogen functional groups attached to an aromatic ring is 1. The van der Waals surface area contributed by atoms with Crippen LogP contribution in [0.25, 0.3) is 0 Å². The summed E-state index contributed by atoms with van der Waals surface area (Å²) >= 11 is 0.